The van der Waals surface area contributed by atoms with Gasteiger partial charge in [-0.15, -0.1) is 0 Å². The Hall–Kier alpha value is -1.75. The number of halogens is 1. The third-order valence-corrected chi connectivity index (χ3v) is 2.74. The molecule has 0 fully saturated rings. The van der Waals surface area contributed by atoms with E-state index >= 15 is 0 Å². The Morgan fingerprint density at radius 1 is 1.44 bits per heavy atom. The number of hydrogen-bond donors (Lipinski definition) is 1. The number of hydrogen-bond acceptors (Lipinski definition) is 5. The summed E-state index contributed by atoms with van der Waals surface area (Å²) >= 11 is 5.90. The van der Waals surface area contributed by atoms with Gasteiger partial charge in [-0.3, -0.25) is 4.79 Å². The summed E-state index contributed by atoms with van der Waals surface area (Å²) in [6.45, 7) is 3.27. The van der Waals surface area contributed by atoms with Crippen molar-refractivity contribution in [3.05, 3.63) is 22.2 Å². The molecule has 0 aromatic heterocycles. The molecule has 1 N–H and O–H groups in total. The van der Waals surface area contributed by atoms with Gasteiger partial charge < -0.3 is 14.6 Å². The molecule has 1 aromatic carbocycles. The molecular weight excluding hydrogens is 260 g/mol. The monoisotopic (exact) mass is 272 g/mol. The van der Waals surface area contributed by atoms with E-state index in [0.29, 0.717) is 5.56 Å². The summed E-state index contributed by atoms with van der Waals surface area (Å²) in [6.07, 6.45) is 0. The van der Waals surface area contributed by atoms with Crippen molar-refractivity contribution in [2.24, 2.45) is 0 Å². The molecule has 6 heteroatoms. The number of rotatable bonds is 4. The van der Waals surface area contributed by atoms with E-state index in [4.69, 9.17) is 16.3 Å². The van der Waals surface area contributed by atoms with Crippen molar-refractivity contribution >= 4 is 23.4 Å². The van der Waals surface area contributed by atoms with Gasteiger partial charge in [-0.1, -0.05) is 11.6 Å². The van der Waals surface area contributed by atoms with Crippen LogP contribution in [0.4, 0.5) is 0 Å². The zero-order valence-corrected chi connectivity index (χ0v) is 11.0. The van der Waals surface area contributed by atoms with Gasteiger partial charge in [0.1, 0.15) is 0 Å². The van der Waals surface area contributed by atoms with E-state index in [2.05, 4.69) is 4.74 Å². The van der Waals surface area contributed by atoms with Gasteiger partial charge in [0.15, 0.2) is 11.5 Å². The summed E-state index contributed by atoms with van der Waals surface area (Å²) in [4.78, 5) is 23.1. The molecule has 0 bridgehead atoms. The quantitative estimate of drug-likeness (QED) is 0.516. The summed E-state index contributed by atoms with van der Waals surface area (Å²) in [5.74, 6) is -2.36. The van der Waals surface area contributed by atoms with Gasteiger partial charge in [-0.2, -0.15) is 0 Å². The second-order valence-electron chi connectivity index (χ2n) is 3.46. The van der Waals surface area contributed by atoms with Crippen LogP contribution in [0.1, 0.15) is 22.8 Å². The fourth-order valence-electron chi connectivity index (χ4n) is 1.44. The van der Waals surface area contributed by atoms with Crippen molar-refractivity contribution in [1.29, 1.82) is 0 Å². The van der Waals surface area contributed by atoms with Gasteiger partial charge >= 0.3 is 5.97 Å². The highest BCUT2D eigenvalue weighted by Crippen LogP contribution is 2.38. The molecule has 1 aromatic rings. The highest BCUT2D eigenvalue weighted by molar-refractivity contribution is 6.42. The van der Waals surface area contributed by atoms with E-state index in [9.17, 15) is 14.7 Å². The van der Waals surface area contributed by atoms with Crippen LogP contribution in [0, 0.1) is 6.92 Å². The second kappa shape index (κ2) is 5.73. The van der Waals surface area contributed by atoms with Crippen LogP contribution in [0.5, 0.6) is 11.5 Å². The normalized spacial score (nSPS) is 10.0. The Morgan fingerprint density at radius 2 is 2.06 bits per heavy atom. The summed E-state index contributed by atoms with van der Waals surface area (Å²) in [7, 11) is 1.33. The van der Waals surface area contributed by atoms with Crippen molar-refractivity contribution in [2.75, 3.05) is 13.7 Å². The number of esters is 1. The minimum Gasteiger partial charge on any atom is -0.504 e. The lowest BCUT2D eigenvalue weighted by Gasteiger charge is -2.12. The molecular formula is C12H13ClO5. The van der Waals surface area contributed by atoms with Crippen LogP contribution in [-0.2, 0) is 9.53 Å². The fraction of sp³-hybridized carbons (Fsp3) is 0.333. The molecule has 18 heavy (non-hydrogen) atoms. The lowest BCUT2D eigenvalue weighted by Crippen LogP contribution is -2.18. The van der Waals surface area contributed by atoms with E-state index in [-0.39, 0.29) is 22.9 Å². The van der Waals surface area contributed by atoms with E-state index in [1.54, 1.807) is 13.8 Å². The first-order valence-corrected chi connectivity index (χ1v) is 5.59. The first-order valence-electron chi connectivity index (χ1n) is 5.21. The molecule has 0 aliphatic carbocycles. The van der Waals surface area contributed by atoms with Crippen molar-refractivity contribution < 1.29 is 24.2 Å². The Balaban J connectivity index is 3.30. The molecule has 0 unspecified atom stereocenters. The Kier molecular flexibility index (Phi) is 4.55. The number of carbonyl (C=O) groups is 2. The Labute approximate surface area is 109 Å². The maximum Gasteiger partial charge on any atom is 0.379 e. The number of carbonyl (C=O) groups excluding carboxylic acids is 2. The van der Waals surface area contributed by atoms with E-state index in [1.165, 1.54) is 13.2 Å². The lowest BCUT2D eigenvalue weighted by molar-refractivity contribution is -0.137. The third-order valence-electron chi connectivity index (χ3n) is 2.35. The minimum atomic E-state index is -1.05. The van der Waals surface area contributed by atoms with Gasteiger partial charge in [-0.05, 0) is 19.9 Å². The summed E-state index contributed by atoms with van der Waals surface area (Å²) < 4.78 is 9.52. The highest BCUT2D eigenvalue weighted by Gasteiger charge is 2.25. The topological polar surface area (TPSA) is 72.8 Å². The molecule has 1 rings (SSSR count). The van der Waals surface area contributed by atoms with Crippen LogP contribution in [-0.4, -0.2) is 30.6 Å². The highest BCUT2D eigenvalue weighted by atomic mass is 35.5. The number of phenolic OH excluding ortho intramolecular Hbond substituents is 1. The minimum absolute atomic E-state index is 0.0650. The standard InChI is InChI=1S/C12H13ClO5/c1-4-18-12(16)10(15)7-5-8(13)6(2)11(17-3)9(7)14/h5,14H,4H2,1-3H3. The van der Waals surface area contributed by atoms with Crippen LogP contribution >= 0.6 is 11.6 Å². The number of ether oxygens (including phenoxy) is 2. The number of methoxy groups -OCH3 is 1. The van der Waals surface area contributed by atoms with Crippen molar-refractivity contribution in [2.45, 2.75) is 13.8 Å². The third kappa shape index (κ3) is 2.56. The lowest BCUT2D eigenvalue weighted by atomic mass is 10.1. The van der Waals surface area contributed by atoms with Gasteiger partial charge in [0, 0.05) is 10.6 Å². The number of phenols is 1. The number of aromatic hydroxyl groups is 1. The van der Waals surface area contributed by atoms with Gasteiger partial charge in [0.2, 0.25) is 0 Å². The van der Waals surface area contributed by atoms with Crippen LogP contribution in [0.25, 0.3) is 0 Å². The molecule has 5 nitrogen and oxygen atoms in total. The molecule has 0 saturated carbocycles. The molecule has 0 radical (unpaired) electrons. The summed E-state index contributed by atoms with van der Waals surface area (Å²) in [6, 6.07) is 1.22. The summed E-state index contributed by atoms with van der Waals surface area (Å²) in [5, 5.41) is 10.1. The predicted octanol–water partition coefficient (Wildman–Crippen LogP) is 2.11. The van der Waals surface area contributed by atoms with Crippen LogP contribution in [0.2, 0.25) is 5.02 Å². The predicted molar refractivity (Wildman–Crippen MR) is 65.4 cm³/mol. The van der Waals surface area contributed by atoms with Gasteiger partial charge in [0.25, 0.3) is 5.78 Å². The number of ketones is 1. The zero-order chi connectivity index (χ0) is 13.9. The maximum absolute atomic E-state index is 11.7. The smallest absolute Gasteiger partial charge is 0.379 e. The number of benzene rings is 1. The molecule has 0 aliphatic heterocycles. The molecule has 0 amide bonds. The molecule has 98 valence electrons. The second-order valence-corrected chi connectivity index (χ2v) is 3.87. The zero-order valence-electron chi connectivity index (χ0n) is 10.2. The first-order chi connectivity index (χ1) is 8.43. The van der Waals surface area contributed by atoms with E-state index < -0.39 is 17.5 Å². The molecule has 0 saturated heterocycles. The van der Waals surface area contributed by atoms with Crippen LogP contribution in [0.15, 0.2) is 6.07 Å². The molecule has 0 spiro atoms. The van der Waals surface area contributed by atoms with Gasteiger partial charge in [-0.25, -0.2) is 4.79 Å². The molecule has 0 aliphatic rings. The Bertz CT molecular complexity index is 496. The molecule has 0 heterocycles. The SMILES string of the molecule is CCOC(=O)C(=O)c1cc(Cl)c(C)c(OC)c1O. The van der Waals surface area contributed by atoms with Crippen molar-refractivity contribution in [1.82, 2.24) is 0 Å². The first kappa shape index (κ1) is 14.3. The molecule has 0 atom stereocenters. The number of Topliss-reactive ketones (excluding diaryl/α,β-unsaturated/α-hetero) is 1. The Morgan fingerprint density at radius 3 is 2.56 bits per heavy atom. The average molecular weight is 273 g/mol. The maximum atomic E-state index is 11.7. The van der Waals surface area contributed by atoms with E-state index in [0.717, 1.165) is 0 Å². The summed E-state index contributed by atoms with van der Waals surface area (Å²) in [5.41, 5.74) is 0.248. The van der Waals surface area contributed by atoms with E-state index in [1.807, 2.05) is 0 Å². The van der Waals surface area contributed by atoms with Gasteiger partial charge in [0.05, 0.1) is 19.3 Å². The average Bonchev–Trinajstić information content (AvgIpc) is 2.34. The fourth-order valence-corrected chi connectivity index (χ4v) is 1.64. The van der Waals surface area contributed by atoms with Crippen LogP contribution < -0.4 is 4.74 Å². The van der Waals surface area contributed by atoms with Crippen molar-refractivity contribution in [3.8, 4) is 11.5 Å². The largest absolute Gasteiger partial charge is 0.504 e. The van der Waals surface area contributed by atoms with Crippen molar-refractivity contribution in [3.63, 3.8) is 0 Å². The van der Waals surface area contributed by atoms with Crippen LogP contribution in [0.3, 0.4) is 0 Å².